The van der Waals surface area contributed by atoms with Crippen molar-refractivity contribution in [2.45, 2.75) is 12.6 Å². The van der Waals surface area contributed by atoms with Crippen LogP contribution in [0, 0.1) is 5.92 Å². The van der Waals surface area contributed by atoms with E-state index in [1.165, 1.54) is 4.90 Å². The summed E-state index contributed by atoms with van der Waals surface area (Å²) in [6, 6.07) is 9.38. The van der Waals surface area contributed by atoms with E-state index in [-0.39, 0.29) is 23.8 Å². The van der Waals surface area contributed by atoms with Crippen LogP contribution in [0.5, 0.6) is 0 Å². The summed E-state index contributed by atoms with van der Waals surface area (Å²) in [4.78, 5) is 25.9. The van der Waals surface area contributed by atoms with Gasteiger partial charge in [-0.25, -0.2) is 0 Å². The standard InChI is InChI=1S/C16H17N3O2/c1-19-10-13(12-7-8-17-14(12)16(19)21)15(20)18-9-11-5-3-2-4-6-11/h2-8,10,12,14,17H,9H2,1H3,(H,18,20). The summed E-state index contributed by atoms with van der Waals surface area (Å²) in [6.45, 7) is 0.475. The fourth-order valence-corrected chi connectivity index (χ4v) is 2.65. The summed E-state index contributed by atoms with van der Waals surface area (Å²) in [7, 11) is 1.67. The van der Waals surface area contributed by atoms with E-state index in [0.717, 1.165) is 5.56 Å². The van der Waals surface area contributed by atoms with Gasteiger partial charge in [-0.05, 0) is 11.8 Å². The lowest BCUT2D eigenvalue weighted by atomic mass is 9.89. The van der Waals surface area contributed by atoms with Gasteiger partial charge in [-0.1, -0.05) is 36.4 Å². The van der Waals surface area contributed by atoms with E-state index >= 15 is 0 Å². The summed E-state index contributed by atoms with van der Waals surface area (Å²) in [5.41, 5.74) is 1.66. The molecule has 21 heavy (non-hydrogen) atoms. The van der Waals surface area contributed by atoms with E-state index < -0.39 is 0 Å². The second-order valence-corrected chi connectivity index (χ2v) is 5.23. The number of fused-ring (bicyclic) bond motifs is 1. The Morgan fingerprint density at radius 3 is 2.86 bits per heavy atom. The van der Waals surface area contributed by atoms with Gasteiger partial charge in [-0.3, -0.25) is 9.59 Å². The molecule has 0 fully saturated rings. The van der Waals surface area contributed by atoms with Crippen LogP contribution in [0.3, 0.4) is 0 Å². The SMILES string of the molecule is CN1C=C(C(=O)NCc2ccccc2)C2C=CNC2C1=O. The number of hydrogen-bond acceptors (Lipinski definition) is 3. The van der Waals surface area contributed by atoms with Crippen LogP contribution in [0.1, 0.15) is 5.56 Å². The van der Waals surface area contributed by atoms with Gasteiger partial charge in [0, 0.05) is 31.3 Å². The third-order valence-corrected chi connectivity index (χ3v) is 3.80. The Bertz CT molecular complexity index is 622. The smallest absolute Gasteiger partial charge is 0.249 e. The van der Waals surface area contributed by atoms with Crippen molar-refractivity contribution in [2.24, 2.45) is 5.92 Å². The zero-order valence-corrected chi connectivity index (χ0v) is 11.7. The lowest BCUT2D eigenvalue weighted by Gasteiger charge is -2.30. The summed E-state index contributed by atoms with van der Waals surface area (Å²) in [5, 5.41) is 5.91. The molecular formula is C16H17N3O2. The van der Waals surface area contributed by atoms with Crippen LogP contribution in [-0.2, 0) is 16.1 Å². The highest BCUT2D eigenvalue weighted by atomic mass is 16.2. The zero-order chi connectivity index (χ0) is 14.8. The maximum atomic E-state index is 12.4. The zero-order valence-electron chi connectivity index (χ0n) is 11.7. The average Bonchev–Trinajstić information content (AvgIpc) is 2.99. The van der Waals surface area contributed by atoms with Gasteiger partial charge >= 0.3 is 0 Å². The predicted octanol–water partition coefficient (Wildman–Crippen LogP) is 0.760. The van der Waals surface area contributed by atoms with Gasteiger partial charge in [0.25, 0.3) is 0 Å². The Hall–Kier alpha value is -2.56. The third kappa shape index (κ3) is 2.54. The summed E-state index contributed by atoms with van der Waals surface area (Å²) in [5.74, 6) is -0.351. The van der Waals surface area contributed by atoms with Crippen LogP contribution >= 0.6 is 0 Å². The van der Waals surface area contributed by atoms with Gasteiger partial charge in [0.05, 0.1) is 0 Å². The van der Waals surface area contributed by atoms with Crippen LogP contribution < -0.4 is 10.6 Å². The number of hydrogen-bond donors (Lipinski definition) is 2. The van der Waals surface area contributed by atoms with E-state index in [1.807, 2.05) is 36.4 Å². The van der Waals surface area contributed by atoms with Gasteiger partial charge in [0.1, 0.15) is 6.04 Å². The number of carbonyl (C=O) groups excluding carboxylic acids is 2. The van der Waals surface area contributed by atoms with E-state index in [1.54, 1.807) is 19.4 Å². The molecule has 0 aliphatic carbocycles. The third-order valence-electron chi connectivity index (χ3n) is 3.80. The first-order valence-corrected chi connectivity index (χ1v) is 6.90. The largest absolute Gasteiger partial charge is 0.379 e. The molecule has 2 N–H and O–H groups in total. The van der Waals surface area contributed by atoms with E-state index in [9.17, 15) is 9.59 Å². The molecule has 2 amide bonds. The molecule has 2 aliphatic rings. The molecule has 5 heteroatoms. The van der Waals surface area contributed by atoms with E-state index in [4.69, 9.17) is 0 Å². The molecule has 0 spiro atoms. The van der Waals surface area contributed by atoms with Crippen molar-refractivity contribution in [3.63, 3.8) is 0 Å². The molecule has 108 valence electrons. The van der Waals surface area contributed by atoms with Gasteiger partial charge in [-0.2, -0.15) is 0 Å². The molecule has 1 aromatic rings. The Morgan fingerprint density at radius 1 is 1.33 bits per heavy atom. The van der Waals surface area contributed by atoms with E-state index in [2.05, 4.69) is 10.6 Å². The van der Waals surface area contributed by atoms with E-state index in [0.29, 0.717) is 12.1 Å². The fraction of sp³-hybridized carbons (Fsp3) is 0.250. The molecule has 1 aromatic carbocycles. The quantitative estimate of drug-likeness (QED) is 0.861. The summed E-state index contributed by atoms with van der Waals surface area (Å²) in [6.07, 6.45) is 5.23. The number of likely N-dealkylation sites (N-methyl/N-ethyl adjacent to an activating group) is 1. The Kier molecular flexibility index (Phi) is 3.48. The highest BCUT2D eigenvalue weighted by molar-refractivity contribution is 5.99. The second-order valence-electron chi connectivity index (χ2n) is 5.23. The Labute approximate surface area is 123 Å². The highest BCUT2D eigenvalue weighted by Crippen LogP contribution is 2.27. The number of amides is 2. The van der Waals surface area contributed by atoms with Gasteiger partial charge in [-0.15, -0.1) is 0 Å². The van der Waals surface area contributed by atoms with Gasteiger partial charge in [0.15, 0.2) is 0 Å². The molecule has 2 unspecified atom stereocenters. The average molecular weight is 283 g/mol. The maximum absolute atomic E-state index is 12.4. The minimum absolute atomic E-state index is 0.0235. The number of nitrogens with zero attached hydrogens (tertiary/aromatic N) is 1. The van der Waals surface area contributed by atoms with Gasteiger partial charge in [0.2, 0.25) is 11.8 Å². The molecule has 3 rings (SSSR count). The maximum Gasteiger partial charge on any atom is 0.249 e. The molecular weight excluding hydrogens is 266 g/mol. The normalized spacial score (nSPS) is 23.4. The first-order chi connectivity index (χ1) is 10.2. The Balaban J connectivity index is 1.73. The molecule has 2 aliphatic heterocycles. The molecule has 2 heterocycles. The molecule has 0 saturated heterocycles. The van der Waals surface area contributed by atoms with Crippen molar-refractivity contribution in [1.29, 1.82) is 0 Å². The lowest BCUT2D eigenvalue weighted by molar-refractivity contribution is -0.131. The highest BCUT2D eigenvalue weighted by Gasteiger charge is 2.39. The monoisotopic (exact) mass is 283 g/mol. The predicted molar refractivity (Wildman–Crippen MR) is 78.7 cm³/mol. The number of carbonyl (C=O) groups is 2. The van der Waals surface area contributed by atoms with Crippen LogP contribution in [0.25, 0.3) is 0 Å². The topological polar surface area (TPSA) is 61.4 Å². The first-order valence-electron chi connectivity index (χ1n) is 6.90. The molecule has 0 radical (unpaired) electrons. The Morgan fingerprint density at radius 2 is 2.10 bits per heavy atom. The second kappa shape index (κ2) is 5.44. The van der Waals surface area contributed by atoms with Crippen molar-refractivity contribution in [1.82, 2.24) is 15.5 Å². The van der Waals surface area contributed by atoms with Crippen molar-refractivity contribution in [3.8, 4) is 0 Å². The van der Waals surface area contributed by atoms with Crippen molar-refractivity contribution in [2.75, 3.05) is 7.05 Å². The molecule has 5 nitrogen and oxygen atoms in total. The first kappa shape index (κ1) is 13.4. The summed E-state index contributed by atoms with van der Waals surface area (Å²) >= 11 is 0. The van der Waals surface area contributed by atoms with Crippen molar-refractivity contribution < 1.29 is 9.59 Å². The molecule has 0 bridgehead atoms. The van der Waals surface area contributed by atoms with Crippen molar-refractivity contribution in [3.05, 3.63) is 59.9 Å². The fourth-order valence-electron chi connectivity index (χ4n) is 2.65. The summed E-state index contributed by atoms with van der Waals surface area (Å²) < 4.78 is 0. The molecule has 0 aromatic heterocycles. The van der Waals surface area contributed by atoms with Gasteiger partial charge < -0.3 is 15.5 Å². The number of benzene rings is 1. The lowest BCUT2D eigenvalue weighted by Crippen LogP contribution is -2.49. The number of rotatable bonds is 3. The van der Waals surface area contributed by atoms with Crippen LogP contribution in [-0.4, -0.2) is 29.8 Å². The number of nitrogens with one attached hydrogen (secondary N) is 2. The minimum atomic E-state index is -0.363. The van der Waals surface area contributed by atoms with Crippen molar-refractivity contribution >= 4 is 11.8 Å². The molecule has 0 saturated carbocycles. The molecule has 2 atom stereocenters. The van der Waals surface area contributed by atoms with Crippen LogP contribution in [0.2, 0.25) is 0 Å². The van der Waals surface area contributed by atoms with Crippen LogP contribution in [0.15, 0.2) is 54.4 Å². The minimum Gasteiger partial charge on any atom is -0.379 e. The van der Waals surface area contributed by atoms with Crippen LogP contribution in [0.4, 0.5) is 0 Å².